The molecular weight excluding hydrogens is 557 g/mol. The highest BCUT2D eigenvalue weighted by Crippen LogP contribution is 2.55. The predicted octanol–water partition coefficient (Wildman–Crippen LogP) is 6.63. The van der Waals surface area contributed by atoms with Crippen LogP contribution >= 0.6 is 23.2 Å². The molecule has 2 bridgehead atoms. The van der Waals surface area contributed by atoms with Crippen LogP contribution in [0.2, 0.25) is 10.0 Å². The molecule has 10 nitrogen and oxygen atoms in total. The summed E-state index contributed by atoms with van der Waals surface area (Å²) in [5.74, 6) is 1.07. The summed E-state index contributed by atoms with van der Waals surface area (Å²) in [7, 11) is 0. The maximum Gasteiger partial charge on any atom is 0.354 e. The summed E-state index contributed by atoms with van der Waals surface area (Å²) in [6.07, 6.45) is 11.8. The van der Waals surface area contributed by atoms with Gasteiger partial charge in [0.05, 0.1) is 27.7 Å². The number of ether oxygens (including phenoxy) is 1. The number of hydrogen-bond donors (Lipinski definition) is 1. The Balaban J connectivity index is 1.09. The molecule has 4 aromatic rings. The lowest BCUT2D eigenvalue weighted by Gasteiger charge is -2.51. The molecule has 0 spiro atoms. The van der Waals surface area contributed by atoms with Crippen molar-refractivity contribution in [2.45, 2.75) is 74.9 Å². The summed E-state index contributed by atoms with van der Waals surface area (Å²) in [5, 5.41) is 18.6. The van der Waals surface area contributed by atoms with Crippen molar-refractivity contribution in [1.29, 1.82) is 0 Å². The first kappa shape index (κ1) is 25.6. The van der Waals surface area contributed by atoms with Crippen molar-refractivity contribution in [3.63, 3.8) is 0 Å². The molecule has 0 aliphatic heterocycles. The Hall–Kier alpha value is -3.34. The zero-order chi connectivity index (χ0) is 27.5. The van der Waals surface area contributed by atoms with Crippen LogP contribution in [0.3, 0.4) is 0 Å². The van der Waals surface area contributed by atoms with E-state index in [1.165, 1.54) is 12.3 Å². The Kier molecular flexibility index (Phi) is 6.17. The SMILES string of the molecule is O=C(O)c1cc(-c2noc(C34CCC(OCc5c(-c6c(Cl)cncc6Cl)noc5C5CC5)(CC3)CC4)n2)ccn1. The van der Waals surface area contributed by atoms with Crippen LogP contribution in [0.25, 0.3) is 22.6 Å². The number of nitrogens with zero attached hydrogens (tertiary/aromatic N) is 5. The van der Waals surface area contributed by atoms with E-state index in [0.29, 0.717) is 51.1 Å². The molecule has 4 aliphatic carbocycles. The zero-order valence-corrected chi connectivity index (χ0v) is 22.9. The second-order valence-corrected chi connectivity index (χ2v) is 11.9. The number of carbonyl (C=O) groups is 1. The Bertz CT molecular complexity index is 1570. The molecule has 4 saturated carbocycles. The molecule has 40 heavy (non-hydrogen) atoms. The minimum absolute atomic E-state index is 0.0615. The summed E-state index contributed by atoms with van der Waals surface area (Å²) in [6.45, 7) is 0.366. The van der Waals surface area contributed by atoms with Crippen LogP contribution in [-0.2, 0) is 16.8 Å². The first-order valence-corrected chi connectivity index (χ1v) is 14.1. The molecule has 0 radical (unpaired) electrons. The Morgan fingerprint density at radius 2 is 1.77 bits per heavy atom. The molecule has 0 atom stereocenters. The number of pyridine rings is 2. The molecule has 4 fully saturated rings. The molecule has 0 saturated heterocycles. The van der Waals surface area contributed by atoms with Gasteiger partial charge in [-0.3, -0.25) is 4.98 Å². The molecule has 206 valence electrons. The van der Waals surface area contributed by atoms with E-state index in [2.05, 4.69) is 20.3 Å². The second kappa shape index (κ2) is 9.64. The van der Waals surface area contributed by atoms with Crippen LogP contribution in [-0.4, -0.2) is 41.9 Å². The highest BCUT2D eigenvalue weighted by molar-refractivity contribution is 6.38. The topological polar surface area (TPSA) is 137 Å². The molecule has 0 unspecified atom stereocenters. The van der Waals surface area contributed by atoms with Gasteiger partial charge in [-0.1, -0.05) is 33.5 Å². The van der Waals surface area contributed by atoms with Crippen LogP contribution in [0.1, 0.15) is 85.0 Å². The van der Waals surface area contributed by atoms with E-state index in [-0.39, 0.29) is 16.7 Å². The van der Waals surface area contributed by atoms with Gasteiger partial charge < -0.3 is 18.9 Å². The highest BCUT2D eigenvalue weighted by Gasteiger charge is 2.53. The maximum absolute atomic E-state index is 11.3. The Morgan fingerprint density at radius 3 is 2.45 bits per heavy atom. The third kappa shape index (κ3) is 4.38. The zero-order valence-electron chi connectivity index (χ0n) is 21.4. The normalized spacial score (nSPS) is 23.9. The fourth-order valence-electron chi connectivity index (χ4n) is 6.12. The minimum Gasteiger partial charge on any atom is -0.477 e. The van der Waals surface area contributed by atoms with E-state index < -0.39 is 5.97 Å². The van der Waals surface area contributed by atoms with Crippen molar-refractivity contribution in [1.82, 2.24) is 25.3 Å². The summed E-state index contributed by atoms with van der Waals surface area (Å²) in [5.41, 5.74) is 2.19. The van der Waals surface area contributed by atoms with Gasteiger partial charge in [-0.05, 0) is 63.5 Å². The first-order valence-electron chi connectivity index (χ1n) is 13.3. The standard InChI is InChI=1S/C28H25Cl2N5O5/c29-18-12-31-13-19(30)21(18)22-17(23(39-34-22)15-1-2-15)14-38-28-7-4-27(5-8-28,6-9-28)26-33-24(35-40-26)16-3-10-32-20(11-16)25(36)37/h3,10-13,15H,1-2,4-9,14H2,(H,36,37). The molecule has 0 aromatic carbocycles. The number of rotatable bonds is 8. The third-order valence-electron chi connectivity index (χ3n) is 8.67. The average Bonchev–Trinajstić information content (AvgIpc) is 3.53. The number of aromatic nitrogens is 5. The van der Waals surface area contributed by atoms with E-state index in [0.717, 1.165) is 62.7 Å². The van der Waals surface area contributed by atoms with Crippen LogP contribution in [0.4, 0.5) is 0 Å². The molecule has 4 aromatic heterocycles. The number of fused-ring (bicyclic) bond motifs is 3. The third-order valence-corrected chi connectivity index (χ3v) is 9.25. The van der Waals surface area contributed by atoms with Crippen molar-refractivity contribution in [2.24, 2.45) is 0 Å². The van der Waals surface area contributed by atoms with Crippen molar-refractivity contribution in [3.05, 3.63) is 63.7 Å². The van der Waals surface area contributed by atoms with Crippen LogP contribution in [0.15, 0.2) is 39.8 Å². The van der Waals surface area contributed by atoms with Crippen LogP contribution in [0.5, 0.6) is 0 Å². The van der Waals surface area contributed by atoms with E-state index in [4.69, 9.17) is 42.0 Å². The number of halogens is 2. The molecule has 4 heterocycles. The van der Waals surface area contributed by atoms with Gasteiger partial charge in [0.25, 0.3) is 0 Å². The molecular formula is C28H25Cl2N5O5. The van der Waals surface area contributed by atoms with Gasteiger partial charge in [-0.15, -0.1) is 0 Å². The summed E-state index contributed by atoms with van der Waals surface area (Å²) in [6, 6.07) is 3.14. The fraction of sp³-hybridized carbons (Fsp3) is 0.429. The smallest absolute Gasteiger partial charge is 0.354 e. The largest absolute Gasteiger partial charge is 0.477 e. The predicted molar refractivity (Wildman–Crippen MR) is 143 cm³/mol. The number of carboxylic acid groups (broad SMARTS) is 1. The van der Waals surface area contributed by atoms with Crippen molar-refractivity contribution in [3.8, 4) is 22.6 Å². The van der Waals surface area contributed by atoms with E-state index in [1.807, 2.05) is 0 Å². The monoisotopic (exact) mass is 581 g/mol. The maximum atomic E-state index is 11.3. The lowest BCUT2D eigenvalue weighted by molar-refractivity contribution is -0.130. The molecule has 0 amide bonds. The second-order valence-electron chi connectivity index (χ2n) is 11.0. The number of aromatic carboxylic acids is 1. The molecule has 8 rings (SSSR count). The van der Waals surface area contributed by atoms with Gasteiger partial charge in [0.15, 0.2) is 0 Å². The number of hydrogen-bond acceptors (Lipinski definition) is 9. The van der Waals surface area contributed by atoms with Crippen molar-refractivity contribution in [2.75, 3.05) is 0 Å². The Morgan fingerprint density at radius 1 is 1.05 bits per heavy atom. The molecule has 1 N–H and O–H groups in total. The lowest BCUT2D eigenvalue weighted by Crippen LogP contribution is -2.49. The number of carboxylic acids is 1. The van der Waals surface area contributed by atoms with Gasteiger partial charge in [-0.2, -0.15) is 4.98 Å². The van der Waals surface area contributed by atoms with Gasteiger partial charge in [0.1, 0.15) is 17.1 Å². The van der Waals surface area contributed by atoms with Crippen LogP contribution in [0, 0.1) is 0 Å². The van der Waals surface area contributed by atoms with Crippen molar-refractivity contribution >= 4 is 29.2 Å². The van der Waals surface area contributed by atoms with Gasteiger partial charge in [0, 0.05) is 41.2 Å². The Labute approximate surface area is 239 Å². The van der Waals surface area contributed by atoms with E-state index in [1.54, 1.807) is 18.5 Å². The average molecular weight is 582 g/mol. The highest BCUT2D eigenvalue weighted by atomic mass is 35.5. The van der Waals surface area contributed by atoms with E-state index in [9.17, 15) is 9.90 Å². The summed E-state index contributed by atoms with van der Waals surface area (Å²) in [4.78, 5) is 23.9. The van der Waals surface area contributed by atoms with Gasteiger partial charge in [0.2, 0.25) is 11.7 Å². The summed E-state index contributed by atoms with van der Waals surface area (Å²) >= 11 is 12.9. The van der Waals surface area contributed by atoms with Crippen molar-refractivity contribution < 1.29 is 23.7 Å². The first-order chi connectivity index (χ1) is 19.4. The fourth-order valence-corrected chi connectivity index (χ4v) is 6.66. The lowest BCUT2D eigenvalue weighted by atomic mass is 9.58. The minimum atomic E-state index is -1.10. The van der Waals surface area contributed by atoms with E-state index >= 15 is 0 Å². The van der Waals surface area contributed by atoms with Gasteiger partial charge in [-0.25, -0.2) is 9.78 Å². The molecule has 12 heteroatoms. The van der Waals surface area contributed by atoms with Crippen LogP contribution < -0.4 is 0 Å². The molecule has 4 aliphatic rings. The summed E-state index contributed by atoms with van der Waals surface area (Å²) < 4.78 is 18.3. The quantitative estimate of drug-likeness (QED) is 0.241. The van der Waals surface area contributed by atoms with Gasteiger partial charge >= 0.3 is 5.97 Å².